The molecule has 4 aromatic carbocycles. The lowest BCUT2D eigenvalue weighted by Crippen LogP contribution is -2.20. The second-order valence-corrected chi connectivity index (χ2v) is 8.00. The van der Waals surface area contributed by atoms with E-state index in [1.54, 1.807) is 18.3 Å². The Bertz CT molecular complexity index is 1250. The van der Waals surface area contributed by atoms with Crippen molar-refractivity contribution in [3.8, 4) is 0 Å². The average molecular weight is 474 g/mol. The highest BCUT2D eigenvalue weighted by Gasteiger charge is 2.08. The van der Waals surface area contributed by atoms with Gasteiger partial charge in [-0.1, -0.05) is 70.5 Å². The third kappa shape index (κ3) is 5.16. The summed E-state index contributed by atoms with van der Waals surface area (Å²) in [5, 5.41) is 11.3. The molecule has 2 amide bonds. The number of rotatable bonds is 6. The summed E-state index contributed by atoms with van der Waals surface area (Å²) in [5.41, 5.74) is 4.16. The smallest absolute Gasteiger partial charge is 0.240 e. The predicted molar refractivity (Wildman–Crippen MR) is 129 cm³/mol. The van der Waals surface area contributed by atoms with Crippen molar-refractivity contribution in [3.05, 3.63) is 88.9 Å². The third-order valence-electron chi connectivity index (χ3n) is 4.88. The normalized spacial score (nSPS) is 11.1. The number of hydrazone groups is 1. The second-order valence-electron chi connectivity index (χ2n) is 7.08. The first-order chi connectivity index (χ1) is 15.1. The Kier molecular flexibility index (Phi) is 6.38. The topological polar surface area (TPSA) is 70.6 Å². The summed E-state index contributed by atoms with van der Waals surface area (Å²) >= 11 is 3.36. The molecule has 0 spiro atoms. The predicted octanol–water partition coefficient (Wildman–Crippen LogP) is 5.62. The van der Waals surface area contributed by atoms with Gasteiger partial charge in [-0.05, 0) is 45.8 Å². The Morgan fingerprint density at radius 2 is 1.45 bits per heavy atom. The maximum atomic E-state index is 12.2. The molecule has 5 nitrogen and oxygen atoms in total. The Hall–Kier alpha value is -3.51. The van der Waals surface area contributed by atoms with E-state index in [9.17, 15) is 9.59 Å². The molecule has 4 aromatic rings. The molecule has 4 rings (SSSR count). The van der Waals surface area contributed by atoms with Crippen molar-refractivity contribution in [1.82, 2.24) is 5.43 Å². The van der Waals surface area contributed by atoms with E-state index >= 15 is 0 Å². The number of carbonyl (C=O) groups is 2. The molecule has 0 radical (unpaired) electrons. The fourth-order valence-electron chi connectivity index (χ4n) is 3.43. The van der Waals surface area contributed by atoms with Crippen LogP contribution in [0.25, 0.3) is 21.5 Å². The van der Waals surface area contributed by atoms with Gasteiger partial charge in [-0.15, -0.1) is 0 Å². The average Bonchev–Trinajstić information content (AvgIpc) is 2.77. The van der Waals surface area contributed by atoms with E-state index in [2.05, 4.69) is 50.0 Å². The van der Waals surface area contributed by atoms with Gasteiger partial charge in [0.2, 0.25) is 11.8 Å². The van der Waals surface area contributed by atoms with Crippen molar-refractivity contribution < 1.29 is 9.59 Å². The molecule has 0 aliphatic rings. The zero-order valence-electron chi connectivity index (χ0n) is 16.6. The van der Waals surface area contributed by atoms with Crippen molar-refractivity contribution in [3.63, 3.8) is 0 Å². The Morgan fingerprint density at radius 1 is 0.806 bits per heavy atom. The van der Waals surface area contributed by atoms with Crippen LogP contribution in [-0.2, 0) is 9.59 Å². The molecule has 31 heavy (non-hydrogen) atoms. The van der Waals surface area contributed by atoms with Gasteiger partial charge in [0, 0.05) is 28.6 Å². The summed E-state index contributed by atoms with van der Waals surface area (Å²) < 4.78 is 0.873. The lowest BCUT2D eigenvalue weighted by atomic mass is 9.97. The van der Waals surface area contributed by atoms with Crippen LogP contribution in [0.15, 0.2) is 88.4 Å². The Balaban J connectivity index is 1.41. The van der Waals surface area contributed by atoms with E-state index in [4.69, 9.17) is 0 Å². The lowest BCUT2D eigenvalue weighted by molar-refractivity contribution is -0.124. The van der Waals surface area contributed by atoms with Gasteiger partial charge in [-0.2, -0.15) is 5.10 Å². The molecule has 0 fully saturated rings. The molecule has 0 unspecified atom stereocenters. The summed E-state index contributed by atoms with van der Waals surface area (Å²) in [4.78, 5) is 24.2. The van der Waals surface area contributed by atoms with Crippen LogP contribution in [0.2, 0.25) is 0 Å². The molecule has 0 aliphatic carbocycles. The van der Waals surface area contributed by atoms with Gasteiger partial charge in [0.25, 0.3) is 0 Å². The number of benzene rings is 4. The minimum atomic E-state index is -0.315. The lowest BCUT2D eigenvalue weighted by Gasteiger charge is -2.08. The summed E-state index contributed by atoms with van der Waals surface area (Å²) in [6, 6.07) is 25.6. The first-order valence-corrected chi connectivity index (χ1v) is 10.7. The van der Waals surface area contributed by atoms with Crippen LogP contribution in [0.5, 0.6) is 0 Å². The SMILES string of the molecule is O=C(CCC(=O)Nc1cccc(Br)c1)N/N=C\c1c2ccccc2cc2ccccc12. The van der Waals surface area contributed by atoms with Gasteiger partial charge in [0.15, 0.2) is 0 Å². The van der Waals surface area contributed by atoms with Crippen molar-refractivity contribution in [2.75, 3.05) is 5.32 Å². The number of fused-ring (bicyclic) bond motifs is 2. The van der Waals surface area contributed by atoms with Crippen LogP contribution >= 0.6 is 15.9 Å². The molecule has 0 saturated carbocycles. The van der Waals surface area contributed by atoms with Crippen molar-refractivity contribution in [2.24, 2.45) is 5.10 Å². The van der Waals surface area contributed by atoms with Crippen LogP contribution < -0.4 is 10.7 Å². The summed E-state index contributed by atoms with van der Waals surface area (Å²) in [6.45, 7) is 0. The van der Waals surface area contributed by atoms with Gasteiger partial charge in [0.1, 0.15) is 0 Å². The van der Waals surface area contributed by atoms with Crippen molar-refractivity contribution >= 4 is 61.2 Å². The molecule has 0 aromatic heterocycles. The van der Waals surface area contributed by atoms with Gasteiger partial charge >= 0.3 is 0 Å². The number of amides is 2. The standard InChI is InChI=1S/C25H20BrN3O2/c26-19-8-5-9-20(15-19)28-24(30)12-13-25(31)29-27-16-23-21-10-3-1-6-17(21)14-18-7-2-4-11-22(18)23/h1-11,14-16H,12-13H2,(H,28,30)(H,29,31)/b27-16-. The fourth-order valence-corrected chi connectivity index (χ4v) is 3.83. The number of halogens is 1. The second kappa shape index (κ2) is 9.53. The molecule has 0 bridgehead atoms. The number of nitrogens with zero attached hydrogens (tertiary/aromatic N) is 1. The highest BCUT2D eigenvalue weighted by Crippen LogP contribution is 2.27. The minimum absolute atomic E-state index is 0.0491. The monoisotopic (exact) mass is 473 g/mol. The molecule has 2 N–H and O–H groups in total. The molecule has 154 valence electrons. The maximum Gasteiger partial charge on any atom is 0.240 e. The minimum Gasteiger partial charge on any atom is -0.326 e. The Morgan fingerprint density at radius 3 is 2.13 bits per heavy atom. The van der Waals surface area contributed by atoms with Gasteiger partial charge in [-0.3, -0.25) is 9.59 Å². The molecule has 6 heteroatoms. The maximum absolute atomic E-state index is 12.2. The number of nitrogens with one attached hydrogen (secondary N) is 2. The molecular weight excluding hydrogens is 454 g/mol. The van der Waals surface area contributed by atoms with Crippen LogP contribution in [0.4, 0.5) is 5.69 Å². The molecular formula is C25H20BrN3O2. The van der Waals surface area contributed by atoms with Crippen molar-refractivity contribution in [1.29, 1.82) is 0 Å². The number of hydrogen-bond acceptors (Lipinski definition) is 3. The van der Waals surface area contributed by atoms with E-state index in [1.807, 2.05) is 48.5 Å². The zero-order chi connectivity index (χ0) is 21.6. The van der Waals surface area contributed by atoms with E-state index < -0.39 is 0 Å². The van der Waals surface area contributed by atoms with E-state index in [-0.39, 0.29) is 24.7 Å². The van der Waals surface area contributed by atoms with Crippen molar-refractivity contribution in [2.45, 2.75) is 12.8 Å². The Labute approximate surface area is 188 Å². The zero-order valence-corrected chi connectivity index (χ0v) is 18.2. The molecule has 0 heterocycles. The molecule has 0 atom stereocenters. The first kappa shape index (κ1) is 20.8. The first-order valence-electron chi connectivity index (χ1n) is 9.88. The number of anilines is 1. The quantitative estimate of drug-likeness (QED) is 0.216. The van der Waals surface area contributed by atoms with Crippen LogP contribution in [0, 0.1) is 0 Å². The van der Waals surface area contributed by atoms with Crippen LogP contribution in [-0.4, -0.2) is 18.0 Å². The van der Waals surface area contributed by atoms with E-state index in [0.717, 1.165) is 31.6 Å². The summed E-state index contributed by atoms with van der Waals surface area (Å²) in [6.07, 6.45) is 1.79. The molecule has 0 saturated heterocycles. The van der Waals surface area contributed by atoms with Crippen LogP contribution in [0.1, 0.15) is 18.4 Å². The summed E-state index contributed by atoms with van der Waals surface area (Å²) in [7, 11) is 0. The molecule has 0 aliphatic heterocycles. The highest BCUT2D eigenvalue weighted by molar-refractivity contribution is 9.10. The fraction of sp³-hybridized carbons (Fsp3) is 0.0800. The third-order valence-corrected chi connectivity index (χ3v) is 5.38. The number of hydrogen-bond donors (Lipinski definition) is 2. The van der Waals surface area contributed by atoms with E-state index in [0.29, 0.717) is 5.69 Å². The summed E-state index contributed by atoms with van der Waals surface area (Å²) in [5.74, 6) is -0.539. The number of carbonyl (C=O) groups excluding carboxylic acids is 2. The van der Waals surface area contributed by atoms with Crippen LogP contribution in [0.3, 0.4) is 0 Å². The van der Waals surface area contributed by atoms with E-state index in [1.165, 1.54) is 0 Å². The highest BCUT2D eigenvalue weighted by atomic mass is 79.9. The van der Waals surface area contributed by atoms with Gasteiger partial charge in [0.05, 0.1) is 6.21 Å². The van der Waals surface area contributed by atoms with Gasteiger partial charge in [-0.25, -0.2) is 5.43 Å². The van der Waals surface area contributed by atoms with Gasteiger partial charge < -0.3 is 5.32 Å². The largest absolute Gasteiger partial charge is 0.326 e.